The third-order valence-electron chi connectivity index (χ3n) is 15.3. The maximum Gasteiger partial charge on any atom is 0.338 e. The van der Waals surface area contributed by atoms with Crippen molar-refractivity contribution < 1.29 is 85.6 Å². The number of ether oxygens (including phenoxy) is 12. The number of hydrogen-bond acceptors (Lipinski definition) is 19. The summed E-state index contributed by atoms with van der Waals surface area (Å²) < 4.78 is 73.9. The summed E-state index contributed by atoms with van der Waals surface area (Å²) in [5.74, 6) is -8.20. The van der Waals surface area contributed by atoms with E-state index < -0.39 is 150 Å². The van der Waals surface area contributed by atoms with Gasteiger partial charge in [-0.15, -0.1) is 0 Å². The fourth-order valence-corrected chi connectivity index (χ4v) is 10.5. The van der Waals surface area contributed by atoms with Crippen LogP contribution in [0.2, 0.25) is 0 Å². The molecule has 1 unspecified atom stereocenters. The van der Waals surface area contributed by atoms with Gasteiger partial charge in [0.05, 0.1) is 64.9 Å². The van der Waals surface area contributed by atoms with Gasteiger partial charge in [-0.3, -0.25) is 5.41 Å². The van der Waals surface area contributed by atoms with Crippen molar-refractivity contribution in [1.29, 1.82) is 5.41 Å². The van der Waals surface area contributed by atoms with Crippen molar-refractivity contribution in [3.63, 3.8) is 0 Å². The molecule has 3 saturated heterocycles. The molecular weight excluding hydrogens is 1200 g/mol. The lowest BCUT2D eigenvalue weighted by Crippen LogP contribution is -2.61. The highest BCUT2D eigenvalue weighted by Crippen LogP contribution is 2.39. The quantitative estimate of drug-likeness (QED) is 0.0246. The monoisotopic (exact) mass is 1260 g/mol. The van der Waals surface area contributed by atoms with Gasteiger partial charge in [-0.1, -0.05) is 172 Å². The molecule has 15 atom stereocenters. The Labute approximate surface area is 523 Å². The van der Waals surface area contributed by atoms with Gasteiger partial charge >= 0.3 is 35.8 Å². The van der Waals surface area contributed by atoms with Gasteiger partial charge in [0, 0.05) is 17.8 Å². The van der Waals surface area contributed by atoms with Crippen LogP contribution in [0.1, 0.15) is 96.3 Å². The largest absolute Gasteiger partial charge is 0.454 e. The number of benzene rings is 6. The molecule has 462 valence electrons. The third kappa shape index (κ3) is 16.1. The Kier molecular flexibility index (Phi) is 22.1. The van der Waals surface area contributed by atoms with E-state index in [0.29, 0.717) is 6.42 Å². The van der Waals surface area contributed by atoms with Crippen molar-refractivity contribution in [3.8, 4) is 0 Å². The second-order valence-corrected chi connectivity index (χ2v) is 23.4. The zero-order valence-corrected chi connectivity index (χ0v) is 50.4. The molecule has 0 saturated carbocycles. The van der Waals surface area contributed by atoms with E-state index >= 15 is 0 Å². The van der Waals surface area contributed by atoms with Gasteiger partial charge in [0.1, 0.15) is 12.2 Å². The number of nitrogens with one attached hydrogen (secondary N) is 1. The van der Waals surface area contributed by atoms with Crippen LogP contribution < -0.4 is 0 Å². The predicted molar refractivity (Wildman–Crippen MR) is 319 cm³/mol. The van der Waals surface area contributed by atoms with Crippen LogP contribution in [0, 0.1) is 23.2 Å². The molecule has 0 radical (unpaired) electrons. The van der Waals surface area contributed by atoms with Crippen molar-refractivity contribution >= 4 is 76.5 Å². The number of halogens is 3. The van der Waals surface area contributed by atoms with Gasteiger partial charge in [-0.2, -0.15) is 0 Å². The average molecular weight is 1270 g/mol. The van der Waals surface area contributed by atoms with Gasteiger partial charge in [-0.25, -0.2) is 28.8 Å². The number of carbonyl (C=O) groups is 6. The molecule has 3 aliphatic rings. The summed E-state index contributed by atoms with van der Waals surface area (Å²) in [4.78, 5) is 84.4. The van der Waals surface area contributed by atoms with Crippen LogP contribution in [0.15, 0.2) is 182 Å². The van der Waals surface area contributed by atoms with E-state index in [-0.39, 0.29) is 33.4 Å². The smallest absolute Gasteiger partial charge is 0.338 e. The molecule has 22 heteroatoms. The number of alkyl halides is 3. The molecule has 0 aliphatic carbocycles. The van der Waals surface area contributed by atoms with Crippen LogP contribution >= 0.6 is 34.8 Å². The van der Waals surface area contributed by atoms with E-state index in [1.54, 1.807) is 159 Å². The van der Waals surface area contributed by atoms with Gasteiger partial charge in [-0.05, 0) is 79.2 Å². The number of hydrogen-bond donors (Lipinski definition) is 1. The van der Waals surface area contributed by atoms with Gasteiger partial charge in [0.15, 0.2) is 30.9 Å². The predicted octanol–water partition coefficient (Wildman–Crippen LogP) is 11.2. The normalized spacial score (nSPS) is 26.9. The molecule has 19 nitrogen and oxygen atoms in total. The minimum Gasteiger partial charge on any atom is -0.454 e. The first-order chi connectivity index (χ1) is 42.4. The second-order valence-electron chi connectivity index (χ2n) is 21.1. The summed E-state index contributed by atoms with van der Waals surface area (Å²) in [6.07, 6.45) is -16.1. The Morgan fingerprint density at radius 3 is 0.852 bits per heavy atom. The van der Waals surface area contributed by atoms with Crippen LogP contribution in [-0.2, 0) is 56.8 Å². The van der Waals surface area contributed by atoms with Gasteiger partial charge in [0.25, 0.3) is 3.79 Å². The molecular formula is C66H64Cl3NO18. The van der Waals surface area contributed by atoms with E-state index in [2.05, 4.69) is 0 Å². The molecule has 6 aromatic rings. The number of carbonyl (C=O) groups excluding carboxylic acids is 6. The maximum absolute atomic E-state index is 14.3. The van der Waals surface area contributed by atoms with E-state index in [9.17, 15) is 28.8 Å². The van der Waals surface area contributed by atoms with Crippen molar-refractivity contribution in [2.24, 2.45) is 17.8 Å². The molecule has 0 spiro atoms. The Bertz CT molecular complexity index is 3310. The summed E-state index contributed by atoms with van der Waals surface area (Å²) in [5, 5.41) is 8.63. The van der Waals surface area contributed by atoms with Crippen LogP contribution in [-0.4, -0.2) is 133 Å². The zero-order valence-electron chi connectivity index (χ0n) is 48.1. The Hall–Kier alpha value is -7.72. The minimum atomic E-state index is -2.47. The van der Waals surface area contributed by atoms with Gasteiger partial charge < -0.3 is 56.8 Å². The average Bonchev–Trinajstić information content (AvgIpc) is 2.07. The van der Waals surface area contributed by atoms with E-state index in [4.69, 9.17) is 97.1 Å². The second kappa shape index (κ2) is 30.0. The standard InChI is InChI=1S/C66H64Cl3NO18/c1-5-47-38(2)50(82-56(71)41-24-12-6-13-25-41)53(85-59(74)44-30-18-9-19-31-44)62(79-47)77-36-48-39(3)51(83-57(72)42-26-14-7-15-27-42)54(86-60(75)45-32-20-10-21-33-45)63(80-48)78-37-49-40(4)52(84-58(73)43-28-16-8-17-29-43)55(64(81-49)88-65(70)66(67,68)69)87-61(76)46-34-22-11-23-35-46/h6-35,38-40,47-55,62-64,70H,5,36-37H2,1-4H3/t38-,39-,40-,47-,48-,49-,50+,51+,52+,53-,54-,55-,62-,63-,64?/m1/s1. The van der Waals surface area contributed by atoms with E-state index in [1.165, 1.54) is 36.4 Å². The molecule has 3 fully saturated rings. The molecule has 6 aromatic carbocycles. The van der Waals surface area contributed by atoms with E-state index in [1.807, 2.05) is 13.8 Å². The molecule has 0 aromatic heterocycles. The van der Waals surface area contributed by atoms with Crippen LogP contribution in [0.5, 0.6) is 0 Å². The molecule has 3 aliphatic heterocycles. The third-order valence-corrected chi connectivity index (χ3v) is 15.8. The fraction of sp³-hybridized carbons (Fsp3) is 0.348. The lowest BCUT2D eigenvalue weighted by Gasteiger charge is -2.47. The summed E-state index contributed by atoms with van der Waals surface area (Å²) >= 11 is 18.5. The highest BCUT2D eigenvalue weighted by molar-refractivity contribution is 6.76. The van der Waals surface area contributed by atoms with Crippen LogP contribution in [0.25, 0.3) is 0 Å². The Morgan fingerprint density at radius 1 is 0.364 bits per heavy atom. The first-order valence-corrected chi connectivity index (χ1v) is 29.6. The molecule has 0 bridgehead atoms. The molecule has 0 amide bonds. The fourth-order valence-electron chi connectivity index (χ4n) is 10.4. The summed E-state index contributed by atoms with van der Waals surface area (Å²) in [5.41, 5.74) is 0.971. The maximum atomic E-state index is 14.3. The van der Waals surface area contributed by atoms with Crippen LogP contribution in [0.3, 0.4) is 0 Å². The van der Waals surface area contributed by atoms with Gasteiger partial charge in [0.2, 0.25) is 18.3 Å². The topological polar surface area (TPSA) is 237 Å². The van der Waals surface area contributed by atoms with E-state index in [0.717, 1.165) is 0 Å². The van der Waals surface area contributed by atoms with Crippen molar-refractivity contribution in [1.82, 2.24) is 0 Å². The Morgan fingerprint density at radius 2 is 0.591 bits per heavy atom. The summed E-state index contributed by atoms with van der Waals surface area (Å²) in [6.45, 7) is 6.05. The molecule has 88 heavy (non-hydrogen) atoms. The van der Waals surface area contributed by atoms with Crippen molar-refractivity contribution in [2.75, 3.05) is 13.2 Å². The van der Waals surface area contributed by atoms with Crippen molar-refractivity contribution in [2.45, 2.75) is 112 Å². The zero-order chi connectivity index (χ0) is 62.5. The summed E-state index contributed by atoms with van der Waals surface area (Å²) in [6, 6.07) is 48.6. The molecule has 1 N–H and O–H groups in total. The SMILES string of the molecule is CC[C@H]1O[C@@H](OC[C@H]2O[C@@H](OC[C@H]3OC(OC(=N)C(Cl)(Cl)Cl)[C@H](OC(=O)c4ccccc4)[C@@H](OC(=O)c4ccccc4)[C@@H]3C)[C@H](OC(=O)c3ccccc3)[C@@H](OC(=O)c3ccccc3)[C@@H]2C)[C@H](OC(=O)c2ccccc2)[C@@H](OC(=O)c2ccccc2)[C@@H]1C. The lowest BCUT2D eigenvalue weighted by atomic mass is 9.88. The highest BCUT2D eigenvalue weighted by atomic mass is 35.6. The minimum absolute atomic E-state index is 0.106. The number of rotatable bonds is 20. The Balaban J connectivity index is 1.07. The number of esters is 6. The lowest BCUT2D eigenvalue weighted by molar-refractivity contribution is -0.325. The summed E-state index contributed by atoms with van der Waals surface area (Å²) in [7, 11) is 0. The first-order valence-electron chi connectivity index (χ1n) is 28.5. The molecule has 9 rings (SSSR count). The van der Waals surface area contributed by atoms with Crippen molar-refractivity contribution in [3.05, 3.63) is 215 Å². The van der Waals surface area contributed by atoms with Crippen LogP contribution in [0.4, 0.5) is 0 Å². The first kappa shape index (κ1) is 64.7. The highest BCUT2D eigenvalue weighted by Gasteiger charge is 2.55. The molecule has 3 heterocycles.